The lowest BCUT2D eigenvalue weighted by atomic mass is 10.1. The van der Waals surface area contributed by atoms with E-state index in [0.717, 1.165) is 0 Å². The summed E-state index contributed by atoms with van der Waals surface area (Å²) in [6, 6.07) is 5.13. The molecule has 4 heteroatoms. The molecule has 2 N–H and O–H groups in total. The Morgan fingerprint density at radius 1 is 1.40 bits per heavy atom. The van der Waals surface area contributed by atoms with Crippen molar-refractivity contribution in [3.63, 3.8) is 0 Å². The van der Waals surface area contributed by atoms with E-state index in [-0.39, 0.29) is 18.1 Å². The molecule has 0 unspecified atom stereocenters. The Balaban J connectivity index is 3.04. The SMILES string of the molecule is COc1ccc(C(=O)NC(C)(C)C)cc1C#CCCO. The molecule has 0 aliphatic heterocycles. The number of nitrogens with one attached hydrogen (secondary N) is 1. The number of carbonyl (C=O) groups is 1. The normalized spacial score (nSPS) is 10.4. The van der Waals surface area contributed by atoms with Crippen molar-refractivity contribution in [2.45, 2.75) is 32.7 Å². The maximum absolute atomic E-state index is 12.1. The van der Waals surface area contributed by atoms with Crippen LogP contribution in [-0.4, -0.2) is 30.3 Å². The molecular weight excluding hydrogens is 254 g/mol. The van der Waals surface area contributed by atoms with Crippen LogP contribution in [0.25, 0.3) is 0 Å². The summed E-state index contributed by atoms with van der Waals surface area (Å²) < 4.78 is 5.21. The van der Waals surface area contributed by atoms with Crippen molar-refractivity contribution in [1.82, 2.24) is 5.32 Å². The van der Waals surface area contributed by atoms with Crippen LogP contribution in [0, 0.1) is 11.8 Å². The van der Waals surface area contributed by atoms with E-state index in [0.29, 0.717) is 23.3 Å². The van der Waals surface area contributed by atoms with Gasteiger partial charge in [0.15, 0.2) is 0 Å². The lowest BCUT2D eigenvalue weighted by Crippen LogP contribution is -2.40. The second-order valence-electron chi connectivity index (χ2n) is 5.39. The monoisotopic (exact) mass is 275 g/mol. The molecule has 0 heterocycles. The molecule has 0 saturated heterocycles. The van der Waals surface area contributed by atoms with Gasteiger partial charge < -0.3 is 15.2 Å². The van der Waals surface area contributed by atoms with Crippen LogP contribution >= 0.6 is 0 Å². The van der Waals surface area contributed by atoms with Crippen LogP contribution in [0.1, 0.15) is 43.1 Å². The highest BCUT2D eigenvalue weighted by atomic mass is 16.5. The van der Waals surface area contributed by atoms with Gasteiger partial charge in [-0.2, -0.15) is 0 Å². The van der Waals surface area contributed by atoms with E-state index in [2.05, 4.69) is 17.2 Å². The van der Waals surface area contributed by atoms with E-state index < -0.39 is 0 Å². The number of aliphatic hydroxyl groups excluding tert-OH is 1. The summed E-state index contributed by atoms with van der Waals surface area (Å²) in [7, 11) is 1.56. The second-order valence-corrected chi connectivity index (χ2v) is 5.39. The van der Waals surface area contributed by atoms with Gasteiger partial charge in [0.1, 0.15) is 5.75 Å². The summed E-state index contributed by atoms with van der Waals surface area (Å²) >= 11 is 0. The number of methoxy groups -OCH3 is 1. The van der Waals surface area contributed by atoms with Crippen LogP contribution in [0.3, 0.4) is 0 Å². The topological polar surface area (TPSA) is 58.6 Å². The van der Waals surface area contributed by atoms with Gasteiger partial charge in [-0.3, -0.25) is 4.79 Å². The predicted molar refractivity (Wildman–Crippen MR) is 78.8 cm³/mol. The highest BCUT2D eigenvalue weighted by Gasteiger charge is 2.16. The molecule has 1 amide bonds. The van der Waals surface area contributed by atoms with Gasteiger partial charge in [-0.1, -0.05) is 11.8 Å². The molecule has 108 valence electrons. The fourth-order valence-electron chi connectivity index (χ4n) is 1.57. The van der Waals surface area contributed by atoms with E-state index in [1.807, 2.05) is 20.8 Å². The number of hydrogen-bond acceptors (Lipinski definition) is 3. The summed E-state index contributed by atoms with van der Waals surface area (Å²) in [5, 5.41) is 11.6. The number of aliphatic hydroxyl groups is 1. The summed E-state index contributed by atoms with van der Waals surface area (Å²) in [6.45, 7) is 5.79. The molecule has 1 aromatic carbocycles. The average Bonchev–Trinajstić information content (AvgIpc) is 2.37. The third-order valence-corrected chi connectivity index (χ3v) is 2.41. The largest absolute Gasteiger partial charge is 0.495 e. The molecule has 0 saturated carbocycles. The van der Waals surface area contributed by atoms with Crippen molar-refractivity contribution in [2.75, 3.05) is 13.7 Å². The van der Waals surface area contributed by atoms with Gasteiger partial charge in [0, 0.05) is 17.5 Å². The number of ether oxygens (including phenoxy) is 1. The van der Waals surface area contributed by atoms with Gasteiger partial charge in [0.25, 0.3) is 5.91 Å². The lowest BCUT2D eigenvalue weighted by molar-refractivity contribution is 0.0919. The van der Waals surface area contributed by atoms with Crippen LogP contribution in [0.4, 0.5) is 0 Å². The molecule has 20 heavy (non-hydrogen) atoms. The maximum Gasteiger partial charge on any atom is 0.251 e. The van der Waals surface area contributed by atoms with Crippen molar-refractivity contribution in [3.05, 3.63) is 29.3 Å². The van der Waals surface area contributed by atoms with Crippen LogP contribution in [0.5, 0.6) is 5.75 Å². The molecule has 0 fully saturated rings. The molecule has 0 bridgehead atoms. The van der Waals surface area contributed by atoms with E-state index >= 15 is 0 Å². The van der Waals surface area contributed by atoms with Crippen molar-refractivity contribution in [1.29, 1.82) is 0 Å². The number of benzene rings is 1. The molecule has 0 radical (unpaired) electrons. The Morgan fingerprint density at radius 3 is 2.65 bits per heavy atom. The van der Waals surface area contributed by atoms with Gasteiger partial charge >= 0.3 is 0 Å². The van der Waals surface area contributed by atoms with Gasteiger partial charge in [-0.25, -0.2) is 0 Å². The molecule has 0 spiro atoms. The quantitative estimate of drug-likeness (QED) is 0.829. The number of carbonyl (C=O) groups excluding carboxylic acids is 1. The third kappa shape index (κ3) is 4.94. The van der Waals surface area contributed by atoms with Crippen LogP contribution < -0.4 is 10.1 Å². The molecular formula is C16H21NO3. The molecule has 4 nitrogen and oxygen atoms in total. The third-order valence-electron chi connectivity index (χ3n) is 2.41. The minimum atomic E-state index is -0.292. The molecule has 1 rings (SSSR count). The first-order chi connectivity index (χ1) is 9.37. The number of hydrogen-bond donors (Lipinski definition) is 2. The lowest BCUT2D eigenvalue weighted by Gasteiger charge is -2.20. The molecule has 0 aliphatic rings. The minimum Gasteiger partial charge on any atom is -0.495 e. The summed E-state index contributed by atoms with van der Waals surface area (Å²) in [6.07, 6.45) is 0.390. The zero-order valence-electron chi connectivity index (χ0n) is 12.4. The molecule has 0 atom stereocenters. The first kappa shape index (κ1) is 16.1. The first-order valence-corrected chi connectivity index (χ1v) is 6.47. The second kappa shape index (κ2) is 6.97. The zero-order valence-corrected chi connectivity index (χ0v) is 12.4. The summed E-state index contributed by atoms with van der Waals surface area (Å²) in [4.78, 5) is 12.1. The fourth-order valence-corrected chi connectivity index (χ4v) is 1.57. The summed E-state index contributed by atoms with van der Waals surface area (Å²) in [5.74, 6) is 6.20. The molecule has 1 aromatic rings. The van der Waals surface area contributed by atoms with Crippen LogP contribution in [0.15, 0.2) is 18.2 Å². The Hall–Kier alpha value is -1.99. The van der Waals surface area contributed by atoms with E-state index in [9.17, 15) is 4.79 Å². The minimum absolute atomic E-state index is 0.0134. The van der Waals surface area contributed by atoms with Crippen LogP contribution in [0.2, 0.25) is 0 Å². The van der Waals surface area contributed by atoms with E-state index in [4.69, 9.17) is 9.84 Å². The van der Waals surface area contributed by atoms with Gasteiger partial charge in [-0.15, -0.1) is 0 Å². The van der Waals surface area contributed by atoms with E-state index in [1.54, 1.807) is 25.3 Å². The van der Waals surface area contributed by atoms with Crippen molar-refractivity contribution < 1.29 is 14.6 Å². The van der Waals surface area contributed by atoms with Crippen molar-refractivity contribution in [2.24, 2.45) is 0 Å². The standard InChI is InChI=1S/C16H21NO3/c1-16(2,3)17-15(19)13-8-9-14(20-4)12(11-13)7-5-6-10-18/h8-9,11,18H,6,10H2,1-4H3,(H,17,19). The van der Waals surface area contributed by atoms with Gasteiger partial charge in [0.2, 0.25) is 0 Å². The number of rotatable bonds is 3. The highest BCUT2D eigenvalue weighted by Crippen LogP contribution is 2.19. The Kier molecular flexibility index (Phi) is 5.60. The maximum atomic E-state index is 12.1. The van der Waals surface area contributed by atoms with Crippen molar-refractivity contribution >= 4 is 5.91 Å². The van der Waals surface area contributed by atoms with Gasteiger partial charge in [-0.05, 0) is 39.0 Å². The Bertz CT molecular complexity index is 533. The smallest absolute Gasteiger partial charge is 0.251 e. The van der Waals surface area contributed by atoms with Crippen molar-refractivity contribution in [3.8, 4) is 17.6 Å². The Morgan fingerprint density at radius 2 is 2.10 bits per heavy atom. The van der Waals surface area contributed by atoms with Crippen LogP contribution in [-0.2, 0) is 0 Å². The highest BCUT2D eigenvalue weighted by molar-refractivity contribution is 5.95. The van der Waals surface area contributed by atoms with Gasteiger partial charge in [0.05, 0.1) is 19.3 Å². The fraction of sp³-hybridized carbons (Fsp3) is 0.438. The predicted octanol–water partition coefficient (Wildman–Crippen LogP) is 1.96. The zero-order chi connectivity index (χ0) is 15.2. The Labute approximate surface area is 120 Å². The number of amides is 1. The molecule has 0 aliphatic carbocycles. The first-order valence-electron chi connectivity index (χ1n) is 6.47. The van der Waals surface area contributed by atoms with E-state index in [1.165, 1.54) is 0 Å². The average molecular weight is 275 g/mol. The molecule has 0 aromatic heterocycles. The summed E-state index contributed by atoms with van der Waals surface area (Å²) in [5.41, 5.74) is 0.885.